The van der Waals surface area contributed by atoms with Crippen molar-refractivity contribution in [3.8, 4) is 0 Å². The molecule has 0 radical (unpaired) electrons. The lowest BCUT2D eigenvalue weighted by atomic mass is 10.3. The van der Waals surface area contributed by atoms with Crippen LogP contribution in [0.1, 0.15) is 0 Å². The Balaban J connectivity index is 3.26. The van der Waals surface area contributed by atoms with E-state index < -0.39 is 4.92 Å². The number of rotatable bonds is 2. The number of nitro benzene ring substituents is 1. The highest BCUT2D eigenvalue weighted by Crippen LogP contribution is 2.25. The van der Waals surface area contributed by atoms with Gasteiger partial charge in [0.05, 0.1) is 10.1 Å². The molecule has 5 heteroatoms. The molecule has 0 unspecified atom stereocenters. The summed E-state index contributed by atoms with van der Waals surface area (Å²) < 4.78 is 0. The van der Waals surface area contributed by atoms with Crippen molar-refractivity contribution in [1.82, 2.24) is 0 Å². The first-order valence-electron chi connectivity index (χ1n) is 3.07. The molecule has 0 saturated heterocycles. The van der Waals surface area contributed by atoms with Gasteiger partial charge in [0.25, 0.3) is 5.69 Å². The molecule has 0 spiro atoms. The Morgan fingerprint density at radius 1 is 1.50 bits per heavy atom. The molecule has 60 valence electrons. The van der Waals surface area contributed by atoms with Gasteiger partial charge in [0.1, 0.15) is 0 Å². The first kappa shape index (κ1) is 8.52. The second kappa shape index (κ2) is 3.71. The third-order valence-corrected chi connectivity index (χ3v) is 1.34. The van der Waals surface area contributed by atoms with Crippen molar-refractivity contribution in [2.45, 2.75) is 0 Å². The van der Waals surface area contributed by atoms with Gasteiger partial charge in [-0.15, -0.1) is 0 Å². The van der Waals surface area contributed by atoms with Crippen molar-refractivity contribution in [3.05, 3.63) is 34.4 Å². The maximum absolute atomic E-state index is 10.4. The second-order valence-electron chi connectivity index (χ2n) is 1.95. The number of isothiocyanates is 1. The molecule has 0 bridgehead atoms. The van der Waals surface area contributed by atoms with Gasteiger partial charge >= 0.3 is 0 Å². The van der Waals surface area contributed by atoms with Gasteiger partial charge in [0.15, 0.2) is 5.69 Å². The predicted molar refractivity (Wildman–Crippen MR) is 47.8 cm³/mol. The van der Waals surface area contributed by atoms with Gasteiger partial charge in [-0.2, -0.15) is 4.99 Å². The molecule has 0 fully saturated rings. The molecule has 0 heterocycles. The Morgan fingerprint density at radius 3 is 2.75 bits per heavy atom. The number of benzene rings is 1. The van der Waals surface area contributed by atoms with Crippen LogP contribution < -0.4 is 0 Å². The normalized spacial score (nSPS) is 8.67. The SMILES string of the molecule is O=[N+]([O-])c1ccccc1N=C=S. The number of nitro groups is 1. The van der Waals surface area contributed by atoms with E-state index in [1.54, 1.807) is 12.1 Å². The van der Waals surface area contributed by atoms with Crippen LogP contribution >= 0.6 is 12.2 Å². The lowest BCUT2D eigenvalue weighted by Crippen LogP contribution is -1.86. The molecule has 0 aliphatic heterocycles. The predicted octanol–water partition coefficient (Wildman–Crippen LogP) is 2.33. The topological polar surface area (TPSA) is 55.5 Å². The summed E-state index contributed by atoms with van der Waals surface area (Å²) in [6, 6.07) is 6.10. The fraction of sp³-hybridized carbons (Fsp3) is 0. The maximum Gasteiger partial charge on any atom is 0.295 e. The van der Waals surface area contributed by atoms with E-state index in [-0.39, 0.29) is 11.4 Å². The molecular formula is C7H4N2O2S. The number of hydrogen-bond donors (Lipinski definition) is 0. The summed E-state index contributed by atoms with van der Waals surface area (Å²) in [7, 11) is 0. The summed E-state index contributed by atoms with van der Waals surface area (Å²) >= 11 is 4.34. The van der Waals surface area contributed by atoms with Crippen molar-refractivity contribution in [1.29, 1.82) is 0 Å². The molecule has 0 amide bonds. The highest BCUT2D eigenvalue weighted by atomic mass is 32.1. The minimum absolute atomic E-state index is 0.0603. The van der Waals surface area contributed by atoms with Crippen LogP contribution in [0.4, 0.5) is 11.4 Å². The van der Waals surface area contributed by atoms with E-state index in [2.05, 4.69) is 22.4 Å². The Morgan fingerprint density at radius 2 is 2.17 bits per heavy atom. The van der Waals surface area contributed by atoms with Gasteiger partial charge in [-0.3, -0.25) is 10.1 Å². The van der Waals surface area contributed by atoms with E-state index in [4.69, 9.17) is 0 Å². The number of para-hydroxylation sites is 2. The zero-order valence-electron chi connectivity index (χ0n) is 5.93. The van der Waals surface area contributed by atoms with Gasteiger partial charge in [-0.05, 0) is 18.3 Å². The zero-order chi connectivity index (χ0) is 8.97. The summed E-state index contributed by atoms with van der Waals surface area (Å²) in [6.45, 7) is 0. The average Bonchev–Trinajstić information content (AvgIpc) is 2.05. The van der Waals surface area contributed by atoms with Gasteiger partial charge in [-0.1, -0.05) is 12.1 Å². The molecule has 0 aliphatic rings. The van der Waals surface area contributed by atoms with E-state index in [1.807, 2.05) is 0 Å². The third-order valence-electron chi connectivity index (χ3n) is 1.24. The van der Waals surface area contributed by atoms with Crippen molar-refractivity contribution in [3.63, 3.8) is 0 Å². The lowest BCUT2D eigenvalue weighted by molar-refractivity contribution is -0.384. The minimum Gasteiger partial charge on any atom is -0.258 e. The van der Waals surface area contributed by atoms with Gasteiger partial charge in [0, 0.05) is 6.07 Å². The first-order valence-corrected chi connectivity index (χ1v) is 3.48. The number of hydrogen-bond acceptors (Lipinski definition) is 4. The molecule has 1 aromatic rings. The van der Waals surface area contributed by atoms with E-state index >= 15 is 0 Å². The van der Waals surface area contributed by atoms with Gasteiger partial charge in [0.2, 0.25) is 0 Å². The summed E-state index contributed by atoms with van der Waals surface area (Å²) in [5, 5.41) is 12.5. The van der Waals surface area contributed by atoms with E-state index in [9.17, 15) is 10.1 Å². The molecule has 12 heavy (non-hydrogen) atoms. The molecule has 0 aliphatic carbocycles. The smallest absolute Gasteiger partial charge is 0.258 e. The van der Waals surface area contributed by atoms with Gasteiger partial charge < -0.3 is 0 Å². The second-order valence-corrected chi connectivity index (χ2v) is 2.13. The van der Waals surface area contributed by atoms with E-state index in [1.165, 1.54) is 12.1 Å². The van der Waals surface area contributed by atoms with Crippen LogP contribution in [0, 0.1) is 10.1 Å². The van der Waals surface area contributed by atoms with Crippen molar-refractivity contribution in [2.75, 3.05) is 0 Å². The molecule has 0 saturated carbocycles. The van der Waals surface area contributed by atoms with Crippen LogP contribution in [0.5, 0.6) is 0 Å². The molecule has 4 nitrogen and oxygen atoms in total. The molecule has 0 aromatic heterocycles. The van der Waals surface area contributed by atoms with Crippen LogP contribution in [0.25, 0.3) is 0 Å². The van der Waals surface area contributed by atoms with Crippen molar-refractivity contribution >= 4 is 28.8 Å². The highest BCUT2D eigenvalue weighted by Gasteiger charge is 2.10. The fourth-order valence-corrected chi connectivity index (χ4v) is 0.861. The monoisotopic (exact) mass is 180 g/mol. The number of nitrogens with zero attached hydrogens (tertiary/aromatic N) is 2. The standard InChI is InChI=1S/C7H4N2O2S/c10-9(11)7-4-2-1-3-6(7)8-5-12/h1-4H. The van der Waals surface area contributed by atoms with Crippen molar-refractivity contribution in [2.24, 2.45) is 4.99 Å². The number of aliphatic imine (C=N–C) groups is 1. The number of thiocarbonyl (C=S) groups is 1. The van der Waals surface area contributed by atoms with Crippen LogP contribution in [-0.2, 0) is 0 Å². The van der Waals surface area contributed by atoms with Gasteiger partial charge in [-0.25, -0.2) is 0 Å². The minimum atomic E-state index is -0.508. The first-order chi connectivity index (χ1) is 5.75. The molecular weight excluding hydrogens is 176 g/mol. The Labute approximate surface area is 73.7 Å². The summed E-state index contributed by atoms with van der Waals surface area (Å²) in [5.74, 6) is 0. The molecule has 0 atom stereocenters. The maximum atomic E-state index is 10.4. The Hall–Kier alpha value is -1.58. The summed E-state index contributed by atoms with van der Waals surface area (Å²) in [4.78, 5) is 13.4. The average molecular weight is 180 g/mol. The van der Waals surface area contributed by atoms with Crippen LogP contribution in [0.3, 0.4) is 0 Å². The summed E-state index contributed by atoms with van der Waals surface area (Å²) in [5.41, 5.74) is 0.173. The summed E-state index contributed by atoms with van der Waals surface area (Å²) in [6.07, 6.45) is 0. The lowest BCUT2D eigenvalue weighted by Gasteiger charge is -1.92. The Bertz CT molecular complexity index is 337. The van der Waals surface area contributed by atoms with E-state index in [0.717, 1.165) is 0 Å². The molecule has 0 N–H and O–H groups in total. The quantitative estimate of drug-likeness (QED) is 0.304. The van der Waals surface area contributed by atoms with E-state index in [0.29, 0.717) is 0 Å². The zero-order valence-corrected chi connectivity index (χ0v) is 6.75. The van der Waals surface area contributed by atoms with Crippen LogP contribution in [-0.4, -0.2) is 10.1 Å². The fourth-order valence-electron chi connectivity index (χ4n) is 0.762. The Kier molecular flexibility index (Phi) is 2.63. The highest BCUT2D eigenvalue weighted by molar-refractivity contribution is 7.78. The largest absolute Gasteiger partial charge is 0.295 e. The van der Waals surface area contributed by atoms with Crippen LogP contribution in [0.2, 0.25) is 0 Å². The van der Waals surface area contributed by atoms with Crippen molar-refractivity contribution < 1.29 is 4.92 Å². The third kappa shape index (κ3) is 1.72. The molecule has 1 rings (SSSR count). The van der Waals surface area contributed by atoms with Crippen LogP contribution in [0.15, 0.2) is 29.3 Å². The molecule has 1 aromatic carbocycles.